The minimum absolute atomic E-state index is 0.0801. The van der Waals surface area contributed by atoms with Crippen LogP contribution in [0.15, 0.2) is 56.6 Å². The van der Waals surface area contributed by atoms with E-state index >= 15 is 0 Å². The molecule has 0 bridgehead atoms. The lowest BCUT2D eigenvalue weighted by Gasteiger charge is -2.22. The molecule has 2 atom stereocenters. The molecular formula is C26H29NO6S. The molecule has 0 saturated heterocycles. The highest BCUT2D eigenvalue weighted by atomic mass is 32.2. The Balaban J connectivity index is 1.60. The fourth-order valence-corrected chi connectivity index (χ4v) is 5.55. The van der Waals surface area contributed by atoms with Crippen molar-refractivity contribution in [3.8, 4) is 5.75 Å². The molecule has 4 rings (SSSR count). The lowest BCUT2D eigenvalue weighted by molar-refractivity contribution is -0.137. The van der Waals surface area contributed by atoms with Gasteiger partial charge in [-0.15, -0.1) is 0 Å². The van der Waals surface area contributed by atoms with Crippen LogP contribution in [0.3, 0.4) is 0 Å². The van der Waals surface area contributed by atoms with Crippen LogP contribution in [0.25, 0.3) is 11.0 Å². The zero-order chi connectivity index (χ0) is 24.5. The van der Waals surface area contributed by atoms with E-state index in [0.717, 1.165) is 41.3 Å². The van der Waals surface area contributed by atoms with Crippen molar-refractivity contribution >= 4 is 27.0 Å². The molecule has 8 heteroatoms. The largest absolute Gasteiger partial charge is 0.425 e. The molecule has 1 aliphatic carbocycles. The van der Waals surface area contributed by atoms with Gasteiger partial charge in [0, 0.05) is 17.0 Å². The predicted molar refractivity (Wildman–Crippen MR) is 130 cm³/mol. The maximum atomic E-state index is 13.1. The molecule has 1 aliphatic rings. The number of nitrogens with one attached hydrogen (secondary N) is 1. The highest BCUT2D eigenvalue weighted by Crippen LogP contribution is 2.29. The second kappa shape index (κ2) is 9.72. The van der Waals surface area contributed by atoms with E-state index in [4.69, 9.17) is 9.15 Å². The van der Waals surface area contributed by atoms with Crippen LogP contribution in [0, 0.1) is 12.8 Å². The predicted octanol–water partition coefficient (Wildman–Crippen LogP) is 4.28. The van der Waals surface area contributed by atoms with Crippen molar-refractivity contribution in [3.63, 3.8) is 0 Å². The molecule has 3 aromatic rings. The van der Waals surface area contributed by atoms with Gasteiger partial charge in [0.25, 0.3) is 0 Å². The third-order valence-corrected chi connectivity index (χ3v) is 7.95. The smallest absolute Gasteiger partial charge is 0.339 e. The number of hydrogen-bond acceptors (Lipinski definition) is 6. The van der Waals surface area contributed by atoms with Crippen LogP contribution in [-0.4, -0.2) is 20.4 Å². The first-order valence-corrected chi connectivity index (χ1v) is 13.1. The summed E-state index contributed by atoms with van der Waals surface area (Å²) >= 11 is 0. The Morgan fingerprint density at radius 1 is 1.09 bits per heavy atom. The Morgan fingerprint density at radius 3 is 2.44 bits per heavy atom. The number of benzene rings is 2. The topological polar surface area (TPSA) is 103 Å². The van der Waals surface area contributed by atoms with Crippen molar-refractivity contribution in [2.24, 2.45) is 5.92 Å². The van der Waals surface area contributed by atoms with Gasteiger partial charge in [0.1, 0.15) is 17.4 Å². The Labute approximate surface area is 199 Å². The fraction of sp³-hybridized carbons (Fsp3) is 0.385. The number of esters is 1. The summed E-state index contributed by atoms with van der Waals surface area (Å²) < 4.78 is 39.4. The number of ether oxygens (including phenoxy) is 1. The third kappa shape index (κ3) is 4.93. The van der Waals surface area contributed by atoms with Crippen LogP contribution in [0.4, 0.5) is 0 Å². The van der Waals surface area contributed by atoms with Gasteiger partial charge in [0.15, 0.2) is 0 Å². The molecule has 0 unspecified atom stereocenters. The Bertz CT molecular complexity index is 1370. The number of aryl methyl sites for hydroxylation is 2. The average Bonchev–Trinajstić information content (AvgIpc) is 2.82. The van der Waals surface area contributed by atoms with Gasteiger partial charge in [0.05, 0.1) is 4.90 Å². The summed E-state index contributed by atoms with van der Waals surface area (Å²) in [6.07, 6.45) is 4.07. The molecule has 0 amide bonds. The highest BCUT2D eigenvalue weighted by Gasteiger charge is 2.31. The van der Waals surface area contributed by atoms with Crippen molar-refractivity contribution < 1.29 is 22.4 Å². The lowest BCUT2D eigenvalue weighted by Crippen LogP contribution is -2.46. The van der Waals surface area contributed by atoms with E-state index in [1.165, 1.54) is 18.2 Å². The van der Waals surface area contributed by atoms with Crippen molar-refractivity contribution in [2.75, 3.05) is 0 Å². The molecule has 180 valence electrons. The molecule has 0 radical (unpaired) electrons. The molecule has 1 N–H and O–H groups in total. The molecule has 7 nitrogen and oxygen atoms in total. The fourth-order valence-electron chi connectivity index (χ4n) is 4.25. The van der Waals surface area contributed by atoms with E-state index in [1.807, 2.05) is 13.8 Å². The first-order chi connectivity index (χ1) is 16.2. The summed E-state index contributed by atoms with van der Waals surface area (Å²) in [6, 6.07) is 10.3. The molecule has 34 heavy (non-hydrogen) atoms. The quantitative estimate of drug-likeness (QED) is 0.306. The summed E-state index contributed by atoms with van der Waals surface area (Å²) in [5.41, 5.74) is 2.66. The maximum absolute atomic E-state index is 13.1. The van der Waals surface area contributed by atoms with E-state index in [0.29, 0.717) is 18.4 Å². The normalized spacial score (nSPS) is 15.5. The van der Waals surface area contributed by atoms with Gasteiger partial charge in [0.2, 0.25) is 10.0 Å². The second-order valence-corrected chi connectivity index (χ2v) is 10.6. The van der Waals surface area contributed by atoms with Gasteiger partial charge in [-0.1, -0.05) is 38.0 Å². The summed E-state index contributed by atoms with van der Waals surface area (Å²) in [6.45, 7) is 5.53. The number of rotatable bonds is 7. The van der Waals surface area contributed by atoms with Crippen LogP contribution < -0.4 is 15.1 Å². The Hall–Kier alpha value is -2.97. The molecule has 0 aliphatic heterocycles. The molecule has 0 saturated carbocycles. The molecule has 0 fully saturated rings. The summed E-state index contributed by atoms with van der Waals surface area (Å²) in [5, 5.41) is 0.840. The number of fused-ring (bicyclic) bond motifs is 3. The third-order valence-electron chi connectivity index (χ3n) is 6.49. The van der Waals surface area contributed by atoms with Crippen LogP contribution >= 0.6 is 0 Å². The Morgan fingerprint density at radius 2 is 1.76 bits per heavy atom. The number of carbonyl (C=O) groups is 1. The van der Waals surface area contributed by atoms with Gasteiger partial charge in [-0.3, -0.25) is 0 Å². The van der Waals surface area contributed by atoms with E-state index < -0.39 is 22.0 Å². The molecular weight excluding hydrogens is 454 g/mol. The molecule has 0 spiro atoms. The maximum Gasteiger partial charge on any atom is 0.339 e. The van der Waals surface area contributed by atoms with Gasteiger partial charge < -0.3 is 9.15 Å². The van der Waals surface area contributed by atoms with Crippen molar-refractivity contribution in [2.45, 2.75) is 63.8 Å². The van der Waals surface area contributed by atoms with E-state index in [-0.39, 0.29) is 22.2 Å². The minimum atomic E-state index is -3.93. The van der Waals surface area contributed by atoms with Crippen LogP contribution in [0.5, 0.6) is 5.75 Å². The Kier molecular flexibility index (Phi) is 6.91. The van der Waals surface area contributed by atoms with Gasteiger partial charge in [-0.05, 0) is 68.4 Å². The van der Waals surface area contributed by atoms with Crippen molar-refractivity contribution in [3.05, 3.63) is 69.6 Å². The van der Waals surface area contributed by atoms with Crippen LogP contribution in [0.2, 0.25) is 0 Å². The van der Waals surface area contributed by atoms with E-state index in [9.17, 15) is 18.0 Å². The minimum Gasteiger partial charge on any atom is -0.425 e. The number of sulfonamides is 1. The average molecular weight is 484 g/mol. The standard InChI is InChI=1S/C26H29NO6S/c1-4-17(3)24(27-34(30,31)19-12-9-16(2)10-13-19)26(29)32-18-11-14-21-20-7-5-6-8-22(20)25(28)33-23(21)15-18/h9-15,17,24,27H,4-8H2,1-3H3/t17-,24+/m0/s1. The van der Waals surface area contributed by atoms with Crippen molar-refractivity contribution in [1.29, 1.82) is 0 Å². The van der Waals surface area contributed by atoms with E-state index in [1.54, 1.807) is 31.2 Å². The van der Waals surface area contributed by atoms with Gasteiger partial charge in [-0.25, -0.2) is 18.0 Å². The highest BCUT2D eigenvalue weighted by molar-refractivity contribution is 7.89. The van der Waals surface area contributed by atoms with Gasteiger partial charge in [-0.2, -0.15) is 4.72 Å². The number of carbonyl (C=O) groups excluding carboxylic acids is 1. The molecule has 1 heterocycles. The van der Waals surface area contributed by atoms with Gasteiger partial charge >= 0.3 is 11.6 Å². The zero-order valence-corrected chi connectivity index (χ0v) is 20.4. The van der Waals surface area contributed by atoms with Crippen molar-refractivity contribution in [1.82, 2.24) is 4.72 Å². The summed E-state index contributed by atoms with van der Waals surface area (Å²) in [4.78, 5) is 25.6. The lowest BCUT2D eigenvalue weighted by atomic mass is 9.91. The molecule has 1 aromatic heterocycles. The first kappa shape index (κ1) is 24.2. The van der Waals surface area contributed by atoms with Crippen LogP contribution in [0.1, 0.15) is 49.8 Å². The SMILES string of the molecule is CC[C@H](C)[C@@H](NS(=O)(=O)c1ccc(C)cc1)C(=O)Oc1ccc2c3c(c(=O)oc2c1)CCCC3. The summed E-state index contributed by atoms with van der Waals surface area (Å²) in [5.74, 6) is -0.831. The number of hydrogen-bond donors (Lipinski definition) is 1. The van der Waals surface area contributed by atoms with Crippen LogP contribution in [-0.2, 0) is 27.7 Å². The summed E-state index contributed by atoms with van der Waals surface area (Å²) in [7, 11) is -3.93. The second-order valence-electron chi connectivity index (χ2n) is 8.93. The first-order valence-electron chi connectivity index (χ1n) is 11.6. The van der Waals surface area contributed by atoms with E-state index in [2.05, 4.69) is 4.72 Å². The monoisotopic (exact) mass is 483 g/mol. The molecule has 2 aromatic carbocycles. The zero-order valence-electron chi connectivity index (χ0n) is 19.6.